The number of hydrogen-bond acceptors (Lipinski definition) is 4. The number of rotatable bonds is 6. The molecule has 7 heteroatoms. The van der Waals surface area contributed by atoms with Crippen molar-refractivity contribution in [3.05, 3.63) is 65.2 Å². The van der Waals surface area contributed by atoms with Crippen molar-refractivity contribution in [2.75, 3.05) is 0 Å². The predicted molar refractivity (Wildman–Crippen MR) is 108 cm³/mol. The van der Waals surface area contributed by atoms with Crippen molar-refractivity contribution in [3.63, 3.8) is 0 Å². The van der Waals surface area contributed by atoms with E-state index in [9.17, 15) is 4.79 Å². The van der Waals surface area contributed by atoms with E-state index < -0.39 is 0 Å². The summed E-state index contributed by atoms with van der Waals surface area (Å²) in [5.41, 5.74) is 1.77. The molecule has 5 nitrogen and oxygen atoms in total. The Morgan fingerprint density at radius 2 is 1.85 bits per heavy atom. The highest BCUT2D eigenvalue weighted by Crippen LogP contribution is 2.37. The molecule has 1 saturated carbocycles. The van der Waals surface area contributed by atoms with Crippen LogP contribution in [0, 0.1) is 0 Å². The molecule has 3 aromatic rings. The van der Waals surface area contributed by atoms with Crippen molar-refractivity contribution in [2.45, 2.75) is 29.3 Å². The van der Waals surface area contributed by atoms with Crippen LogP contribution >= 0.6 is 23.4 Å². The van der Waals surface area contributed by atoms with Crippen LogP contribution in [0.4, 0.5) is 0 Å². The Bertz CT molecular complexity index is 956. The zero-order chi connectivity index (χ0) is 18.8. The minimum absolute atomic E-state index is 0.0102. The van der Waals surface area contributed by atoms with E-state index in [1.807, 2.05) is 66.2 Å². The topological polar surface area (TPSA) is 59.8 Å². The third-order valence-corrected chi connectivity index (χ3v) is 6.05. The normalized spacial score (nSPS) is 14.7. The largest absolute Gasteiger partial charge is 0.352 e. The maximum Gasteiger partial charge on any atom is 0.238 e. The first-order valence-electron chi connectivity index (χ1n) is 8.80. The number of halogens is 1. The van der Waals surface area contributed by atoms with E-state index >= 15 is 0 Å². The lowest BCUT2D eigenvalue weighted by atomic mass is 10.1. The smallest absolute Gasteiger partial charge is 0.238 e. The lowest BCUT2D eigenvalue weighted by Gasteiger charge is -2.16. The molecule has 1 heterocycles. The number of nitrogens with zero attached hydrogens (tertiary/aromatic N) is 3. The Morgan fingerprint density at radius 1 is 1.15 bits per heavy atom. The number of hydrogen-bond donors (Lipinski definition) is 1. The van der Waals surface area contributed by atoms with E-state index in [1.54, 1.807) is 0 Å². The van der Waals surface area contributed by atoms with Gasteiger partial charge in [-0.1, -0.05) is 65.8 Å². The molecule has 138 valence electrons. The SMILES string of the molecule is Cn1c(SC(C(=O)NC2CC2)c2ccccc2)nnc1-c1ccccc1Cl. The Kier molecular flexibility index (Phi) is 5.18. The average molecular weight is 399 g/mol. The molecule has 0 bridgehead atoms. The van der Waals surface area contributed by atoms with Crippen LogP contribution in [0.1, 0.15) is 23.7 Å². The van der Waals surface area contributed by atoms with Gasteiger partial charge in [0, 0.05) is 18.7 Å². The van der Waals surface area contributed by atoms with E-state index in [4.69, 9.17) is 11.6 Å². The third-order valence-electron chi connectivity index (χ3n) is 4.44. The highest BCUT2D eigenvalue weighted by Gasteiger charge is 2.30. The zero-order valence-electron chi connectivity index (χ0n) is 14.8. The van der Waals surface area contributed by atoms with Crippen LogP contribution < -0.4 is 5.32 Å². The summed E-state index contributed by atoms with van der Waals surface area (Å²) in [7, 11) is 1.89. The maximum atomic E-state index is 12.8. The van der Waals surface area contributed by atoms with E-state index in [-0.39, 0.29) is 11.2 Å². The molecule has 1 amide bonds. The van der Waals surface area contributed by atoms with E-state index in [0.29, 0.717) is 22.0 Å². The van der Waals surface area contributed by atoms with Crippen molar-refractivity contribution in [1.29, 1.82) is 0 Å². The molecule has 1 atom stereocenters. The van der Waals surface area contributed by atoms with Gasteiger partial charge in [-0.25, -0.2) is 0 Å². The van der Waals surface area contributed by atoms with Gasteiger partial charge in [-0.05, 0) is 30.5 Å². The number of carbonyl (C=O) groups is 1. The molecular weight excluding hydrogens is 380 g/mol. The number of thioether (sulfide) groups is 1. The third kappa shape index (κ3) is 4.01. The Balaban J connectivity index is 1.63. The summed E-state index contributed by atoms with van der Waals surface area (Å²) in [6.07, 6.45) is 2.11. The van der Waals surface area contributed by atoms with Crippen molar-refractivity contribution in [3.8, 4) is 11.4 Å². The fourth-order valence-electron chi connectivity index (χ4n) is 2.81. The minimum atomic E-state index is -0.381. The standard InChI is InChI=1S/C20H19ClN4OS/c1-25-18(15-9-5-6-10-16(15)21)23-24-20(25)27-17(13-7-3-2-4-8-13)19(26)22-14-11-12-14/h2-10,14,17H,11-12H2,1H3,(H,22,26). The molecule has 0 spiro atoms. The zero-order valence-corrected chi connectivity index (χ0v) is 16.4. The second kappa shape index (κ2) is 7.74. The van der Waals surface area contributed by atoms with Gasteiger partial charge in [-0.2, -0.15) is 0 Å². The van der Waals surface area contributed by atoms with Gasteiger partial charge < -0.3 is 9.88 Å². The first-order chi connectivity index (χ1) is 13.1. The van der Waals surface area contributed by atoms with E-state index in [2.05, 4.69) is 15.5 Å². The first kappa shape index (κ1) is 18.1. The van der Waals surface area contributed by atoms with Gasteiger partial charge >= 0.3 is 0 Å². The van der Waals surface area contributed by atoms with Crippen LogP contribution in [-0.4, -0.2) is 26.7 Å². The van der Waals surface area contributed by atoms with Crippen molar-refractivity contribution in [1.82, 2.24) is 20.1 Å². The van der Waals surface area contributed by atoms with Gasteiger partial charge in [0.15, 0.2) is 11.0 Å². The minimum Gasteiger partial charge on any atom is -0.352 e. The average Bonchev–Trinajstić information content (AvgIpc) is 3.42. The number of aromatic nitrogens is 3. The van der Waals surface area contributed by atoms with Crippen LogP contribution in [0.25, 0.3) is 11.4 Å². The first-order valence-corrected chi connectivity index (χ1v) is 10.1. The van der Waals surface area contributed by atoms with E-state index in [1.165, 1.54) is 11.8 Å². The summed E-state index contributed by atoms with van der Waals surface area (Å²) in [5.74, 6) is 0.688. The van der Waals surface area contributed by atoms with Gasteiger partial charge in [-0.15, -0.1) is 10.2 Å². The second-order valence-electron chi connectivity index (χ2n) is 6.54. The molecule has 1 aromatic heterocycles. The molecular formula is C20H19ClN4OS. The van der Waals surface area contributed by atoms with Crippen molar-refractivity contribution in [2.24, 2.45) is 7.05 Å². The summed E-state index contributed by atoms with van der Waals surface area (Å²) in [6, 6.07) is 17.6. The van der Waals surface area contributed by atoms with Crippen molar-refractivity contribution < 1.29 is 4.79 Å². The molecule has 4 rings (SSSR count). The van der Waals surface area contributed by atoms with Crippen LogP contribution in [0.3, 0.4) is 0 Å². The summed E-state index contributed by atoms with van der Waals surface area (Å²) < 4.78 is 1.88. The molecule has 1 fully saturated rings. The van der Waals surface area contributed by atoms with Crippen LogP contribution in [0.15, 0.2) is 59.8 Å². The quantitative estimate of drug-likeness (QED) is 0.630. The van der Waals surface area contributed by atoms with E-state index in [0.717, 1.165) is 24.0 Å². The number of amides is 1. The highest BCUT2D eigenvalue weighted by atomic mass is 35.5. The Morgan fingerprint density at radius 3 is 2.56 bits per heavy atom. The predicted octanol–water partition coefficient (Wildman–Crippen LogP) is 4.25. The van der Waals surface area contributed by atoms with Gasteiger partial charge in [0.1, 0.15) is 5.25 Å². The summed E-state index contributed by atoms with van der Waals surface area (Å²) in [6.45, 7) is 0. The van der Waals surface area contributed by atoms with Crippen LogP contribution in [-0.2, 0) is 11.8 Å². The van der Waals surface area contributed by atoms with Crippen LogP contribution in [0.2, 0.25) is 5.02 Å². The Labute approximate surface area is 167 Å². The number of nitrogens with one attached hydrogen (secondary N) is 1. The van der Waals surface area contributed by atoms with Gasteiger partial charge in [0.05, 0.1) is 5.02 Å². The fourth-order valence-corrected chi connectivity index (χ4v) is 4.04. The fraction of sp³-hybridized carbons (Fsp3) is 0.250. The summed E-state index contributed by atoms with van der Waals surface area (Å²) >= 11 is 7.71. The van der Waals surface area contributed by atoms with Crippen LogP contribution in [0.5, 0.6) is 0 Å². The molecule has 0 saturated heterocycles. The Hall–Kier alpha value is -2.31. The lowest BCUT2D eigenvalue weighted by molar-refractivity contribution is -0.120. The molecule has 1 unspecified atom stereocenters. The van der Waals surface area contributed by atoms with Gasteiger partial charge in [-0.3, -0.25) is 4.79 Å². The molecule has 1 aliphatic rings. The molecule has 1 N–H and O–H groups in total. The number of benzene rings is 2. The molecule has 27 heavy (non-hydrogen) atoms. The summed E-state index contributed by atoms with van der Waals surface area (Å²) in [5, 5.41) is 12.6. The lowest BCUT2D eigenvalue weighted by Crippen LogP contribution is -2.29. The molecule has 0 aliphatic heterocycles. The number of carbonyl (C=O) groups excluding carboxylic acids is 1. The maximum absolute atomic E-state index is 12.8. The van der Waals surface area contributed by atoms with Gasteiger partial charge in [0.25, 0.3) is 0 Å². The monoisotopic (exact) mass is 398 g/mol. The second-order valence-corrected chi connectivity index (χ2v) is 8.02. The molecule has 2 aromatic carbocycles. The summed E-state index contributed by atoms with van der Waals surface area (Å²) in [4.78, 5) is 12.8. The molecule has 1 aliphatic carbocycles. The van der Waals surface area contributed by atoms with Crippen molar-refractivity contribution >= 4 is 29.3 Å². The highest BCUT2D eigenvalue weighted by molar-refractivity contribution is 8.00. The van der Waals surface area contributed by atoms with Gasteiger partial charge in [0.2, 0.25) is 5.91 Å². The molecule has 0 radical (unpaired) electrons.